The first-order chi connectivity index (χ1) is 10.3. The second kappa shape index (κ2) is 6.15. The summed E-state index contributed by atoms with van der Waals surface area (Å²) in [6.07, 6.45) is 5.32. The van der Waals surface area contributed by atoms with Crippen molar-refractivity contribution in [2.45, 2.75) is 19.3 Å². The number of fused-ring (bicyclic) bond motifs is 2. The Morgan fingerprint density at radius 2 is 1.81 bits per heavy atom. The molecule has 0 spiro atoms. The summed E-state index contributed by atoms with van der Waals surface area (Å²) in [5, 5.41) is 13.0. The number of nitrogens with one attached hydrogen (secondary N) is 1. The second-order valence-electron chi connectivity index (χ2n) is 5.51. The Kier molecular flexibility index (Phi) is 4.07. The highest BCUT2D eigenvalue weighted by Gasteiger charge is 2.17. The van der Waals surface area contributed by atoms with Crippen LogP contribution in [0.5, 0.6) is 5.75 Å². The molecule has 2 N–H and O–H groups in total. The molecule has 0 aliphatic heterocycles. The Morgan fingerprint density at radius 3 is 2.67 bits per heavy atom. The predicted octanol–water partition coefficient (Wildman–Crippen LogP) is 3.53. The van der Waals surface area contributed by atoms with Gasteiger partial charge in [0.15, 0.2) is 0 Å². The maximum Gasteiger partial charge on any atom is 0.115 e. The van der Waals surface area contributed by atoms with E-state index in [2.05, 4.69) is 41.7 Å². The van der Waals surface area contributed by atoms with Crippen LogP contribution in [0.3, 0.4) is 0 Å². The third-order valence-electron chi connectivity index (χ3n) is 4.09. The molecule has 1 aliphatic rings. The monoisotopic (exact) mass is 279 g/mol. The van der Waals surface area contributed by atoms with E-state index in [-0.39, 0.29) is 0 Å². The lowest BCUT2D eigenvalue weighted by Gasteiger charge is -2.12. The van der Waals surface area contributed by atoms with Gasteiger partial charge >= 0.3 is 0 Å². The van der Waals surface area contributed by atoms with Crippen molar-refractivity contribution in [3.05, 3.63) is 70.8 Å². The fourth-order valence-corrected chi connectivity index (χ4v) is 3.05. The Bertz CT molecular complexity index is 673. The summed E-state index contributed by atoms with van der Waals surface area (Å²) in [5.74, 6) is 0.356. The van der Waals surface area contributed by atoms with Crippen molar-refractivity contribution in [1.29, 1.82) is 0 Å². The molecule has 0 bridgehead atoms. The summed E-state index contributed by atoms with van der Waals surface area (Å²) in [6.45, 7) is 0.971. The molecule has 0 saturated carbocycles. The SMILES string of the molecule is CNCC/C=C1\c2ccccc2CCc2cc(O)ccc21. The number of aromatic hydroxyl groups is 1. The van der Waals surface area contributed by atoms with Crippen LogP contribution in [-0.4, -0.2) is 18.7 Å². The average Bonchev–Trinajstić information content (AvgIpc) is 2.65. The number of rotatable bonds is 3. The van der Waals surface area contributed by atoms with E-state index < -0.39 is 0 Å². The number of aryl methyl sites for hydroxylation is 2. The van der Waals surface area contributed by atoms with Crippen LogP contribution in [-0.2, 0) is 12.8 Å². The van der Waals surface area contributed by atoms with Crippen molar-refractivity contribution in [2.75, 3.05) is 13.6 Å². The van der Waals surface area contributed by atoms with Crippen molar-refractivity contribution in [3.8, 4) is 5.75 Å². The lowest BCUT2D eigenvalue weighted by atomic mass is 9.93. The van der Waals surface area contributed by atoms with Gasteiger partial charge in [0, 0.05) is 0 Å². The lowest BCUT2D eigenvalue weighted by Crippen LogP contribution is -2.06. The first-order valence-electron chi connectivity index (χ1n) is 7.55. The van der Waals surface area contributed by atoms with Crippen molar-refractivity contribution >= 4 is 5.57 Å². The minimum absolute atomic E-state index is 0.356. The Morgan fingerprint density at radius 1 is 1.05 bits per heavy atom. The van der Waals surface area contributed by atoms with Gasteiger partial charge in [0.1, 0.15) is 5.75 Å². The molecular weight excluding hydrogens is 258 g/mol. The van der Waals surface area contributed by atoms with Crippen LogP contribution in [0, 0.1) is 0 Å². The summed E-state index contributed by atoms with van der Waals surface area (Å²) in [4.78, 5) is 0. The zero-order valence-electron chi connectivity index (χ0n) is 12.4. The minimum Gasteiger partial charge on any atom is -0.508 e. The van der Waals surface area contributed by atoms with Gasteiger partial charge in [-0.25, -0.2) is 0 Å². The molecule has 1 aliphatic carbocycles. The highest BCUT2D eigenvalue weighted by atomic mass is 16.3. The standard InChI is InChI=1S/C19H21NO/c1-20-12-4-7-19-17-6-3-2-5-14(17)8-9-15-13-16(21)10-11-18(15)19/h2-3,5-7,10-11,13,20-21H,4,8-9,12H2,1H3/b19-7+. The van der Waals surface area contributed by atoms with Crippen LogP contribution in [0.15, 0.2) is 48.5 Å². The molecule has 0 amide bonds. The summed E-state index contributed by atoms with van der Waals surface area (Å²) in [7, 11) is 1.98. The molecule has 0 saturated heterocycles. The largest absolute Gasteiger partial charge is 0.508 e. The van der Waals surface area contributed by atoms with Crippen LogP contribution in [0.4, 0.5) is 0 Å². The molecule has 0 atom stereocenters. The van der Waals surface area contributed by atoms with E-state index in [1.54, 1.807) is 6.07 Å². The van der Waals surface area contributed by atoms with Crippen molar-refractivity contribution in [3.63, 3.8) is 0 Å². The number of phenols is 1. The van der Waals surface area contributed by atoms with Crippen molar-refractivity contribution in [1.82, 2.24) is 5.32 Å². The molecule has 0 heterocycles. The second-order valence-corrected chi connectivity index (χ2v) is 5.51. The molecule has 0 radical (unpaired) electrons. The topological polar surface area (TPSA) is 32.3 Å². The van der Waals surface area contributed by atoms with Crippen LogP contribution < -0.4 is 5.32 Å². The van der Waals surface area contributed by atoms with E-state index >= 15 is 0 Å². The van der Waals surface area contributed by atoms with E-state index in [4.69, 9.17) is 0 Å². The van der Waals surface area contributed by atoms with Gasteiger partial charge in [-0.1, -0.05) is 36.4 Å². The first kappa shape index (κ1) is 13.9. The Balaban J connectivity index is 2.13. The molecular formula is C19H21NO. The quantitative estimate of drug-likeness (QED) is 0.842. The zero-order valence-corrected chi connectivity index (χ0v) is 12.4. The van der Waals surface area contributed by atoms with Gasteiger partial charge in [-0.2, -0.15) is 0 Å². The maximum atomic E-state index is 9.77. The predicted molar refractivity (Wildman–Crippen MR) is 87.6 cm³/mol. The van der Waals surface area contributed by atoms with Gasteiger partial charge in [0.2, 0.25) is 0 Å². The molecule has 0 fully saturated rings. The molecule has 2 aromatic rings. The third-order valence-corrected chi connectivity index (χ3v) is 4.09. The van der Waals surface area contributed by atoms with E-state index in [0.29, 0.717) is 5.75 Å². The molecule has 21 heavy (non-hydrogen) atoms. The van der Waals surface area contributed by atoms with Crippen LogP contribution >= 0.6 is 0 Å². The summed E-state index contributed by atoms with van der Waals surface area (Å²) in [5.41, 5.74) is 6.52. The summed E-state index contributed by atoms with van der Waals surface area (Å²) >= 11 is 0. The van der Waals surface area contributed by atoms with E-state index in [9.17, 15) is 5.11 Å². The molecule has 0 aromatic heterocycles. The van der Waals surface area contributed by atoms with E-state index in [0.717, 1.165) is 25.8 Å². The number of hydrogen-bond donors (Lipinski definition) is 2. The highest BCUT2D eigenvalue weighted by molar-refractivity contribution is 5.84. The fraction of sp³-hybridized carbons (Fsp3) is 0.263. The summed E-state index contributed by atoms with van der Waals surface area (Å²) in [6, 6.07) is 14.4. The van der Waals surface area contributed by atoms with E-state index in [1.807, 2.05) is 13.1 Å². The minimum atomic E-state index is 0.356. The van der Waals surface area contributed by atoms with E-state index in [1.165, 1.54) is 27.8 Å². The molecule has 2 nitrogen and oxygen atoms in total. The number of hydrogen-bond acceptors (Lipinski definition) is 2. The Labute approximate surface area is 126 Å². The normalized spacial score (nSPS) is 15.4. The zero-order chi connectivity index (χ0) is 14.7. The smallest absolute Gasteiger partial charge is 0.115 e. The lowest BCUT2D eigenvalue weighted by molar-refractivity contribution is 0.474. The van der Waals surface area contributed by atoms with Crippen molar-refractivity contribution < 1.29 is 5.11 Å². The number of phenolic OH excluding ortho intramolecular Hbond substituents is 1. The fourth-order valence-electron chi connectivity index (χ4n) is 3.05. The molecule has 3 rings (SSSR count). The van der Waals surface area contributed by atoms with Gasteiger partial charge < -0.3 is 10.4 Å². The van der Waals surface area contributed by atoms with Crippen LogP contribution in [0.1, 0.15) is 28.7 Å². The van der Waals surface area contributed by atoms with Gasteiger partial charge in [-0.3, -0.25) is 0 Å². The van der Waals surface area contributed by atoms with Crippen LogP contribution in [0.2, 0.25) is 0 Å². The maximum absolute atomic E-state index is 9.77. The third kappa shape index (κ3) is 2.86. The Hall–Kier alpha value is -2.06. The van der Waals surface area contributed by atoms with Crippen molar-refractivity contribution in [2.24, 2.45) is 0 Å². The van der Waals surface area contributed by atoms with Gasteiger partial charge in [-0.15, -0.1) is 0 Å². The molecule has 2 aromatic carbocycles. The first-order valence-corrected chi connectivity index (χ1v) is 7.55. The van der Waals surface area contributed by atoms with Gasteiger partial charge in [0.25, 0.3) is 0 Å². The molecule has 2 heteroatoms. The number of benzene rings is 2. The average molecular weight is 279 g/mol. The summed E-state index contributed by atoms with van der Waals surface area (Å²) < 4.78 is 0. The highest BCUT2D eigenvalue weighted by Crippen LogP contribution is 2.35. The van der Waals surface area contributed by atoms with Gasteiger partial charge in [0.05, 0.1) is 0 Å². The molecule has 0 unspecified atom stereocenters. The van der Waals surface area contributed by atoms with Gasteiger partial charge in [-0.05, 0) is 72.8 Å². The van der Waals surface area contributed by atoms with Crippen LogP contribution in [0.25, 0.3) is 5.57 Å². The molecule has 108 valence electrons.